The van der Waals surface area contributed by atoms with E-state index in [-0.39, 0.29) is 5.75 Å². The van der Waals surface area contributed by atoms with Crippen molar-refractivity contribution in [3.8, 4) is 39.5 Å². The van der Waals surface area contributed by atoms with E-state index in [0.717, 1.165) is 22.1 Å². The maximum Gasteiger partial charge on any atom is 0.573 e. The molecule has 34 heavy (non-hydrogen) atoms. The van der Waals surface area contributed by atoms with Gasteiger partial charge in [0.25, 0.3) is 0 Å². The largest absolute Gasteiger partial charge is 0.573 e. The predicted octanol–water partition coefficient (Wildman–Crippen LogP) is 7.60. The molecule has 3 aromatic carbocycles. The van der Waals surface area contributed by atoms with E-state index in [1.165, 1.54) is 18.2 Å². The normalized spacial score (nSPS) is 11.5. The molecule has 0 fully saturated rings. The lowest BCUT2D eigenvalue weighted by atomic mass is 10.0. The Hall–Kier alpha value is -4.26. The molecule has 0 saturated heterocycles. The van der Waals surface area contributed by atoms with Gasteiger partial charge in [-0.1, -0.05) is 48.5 Å². The quantitative estimate of drug-likeness (QED) is 0.271. The van der Waals surface area contributed by atoms with Crippen LogP contribution in [0.4, 0.5) is 13.2 Å². The number of hydrogen-bond acceptors (Lipinski definition) is 3. The highest BCUT2D eigenvalue weighted by Crippen LogP contribution is 2.37. The van der Waals surface area contributed by atoms with Gasteiger partial charge in [-0.3, -0.25) is 0 Å². The number of ether oxygens (including phenoxy) is 2. The molecule has 0 N–H and O–H groups in total. The second-order valence-electron chi connectivity index (χ2n) is 7.74. The van der Waals surface area contributed by atoms with Crippen molar-refractivity contribution in [1.82, 2.24) is 9.55 Å². The van der Waals surface area contributed by atoms with Gasteiger partial charge >= 0.3 is 6.36 Å². The fourth-order valence-corrected chi connectivity index (χ4v) is 3.91. The Morgan fingerprint density at radius 3 is 2.29 bits per heavy atom. The number of pyridine rings is 1. The maximum atomic E-state index is 12.7. The number of para-hydroxylation sites is 2. The van der Waals surface area contributed by atoms with E-state index in [1.54, 1.807) is 12.3 Å². The molecule has 0 aliphatic rings. The van der Waals surface area contributed by atoms with E-state index in [9.17, 15) is 13.2 Å². The molecule has 0 aliphatic heterocycles. The summed E-state index contributed by atoms with van der Waals surface area (Å²) in [5.41, 5.74) is 3.74. The Morgan fingerprint density at radius 2 is 1.50 bits per heavy atom. The predicted molar refractivity (Wildman–Crippen MR) is 125 cm³/mol. The number of halogens is 3. The van der Waals surface area contributed by atoms with Gasteiger partial charge in [0.05, 0.1) is 0 Å². The monoisotopic (exact) mass is 460 g/mol. The van der Waals surface area contributed by atoms with E-state index in [0.29, 0.717) is 22.7 Å². The minimum absolute atomic E-state index is 0.271. The highest BCUT2D eigenvalue weighted by Gasteiger charge is 2.31. The number of fused-ring (bicyclic) bond motifs is 1. The number of alkyl halides is 3. The highest BCUT2D eigenvalue weighted by atomic mass is 19.4. The standard InChI is InChI=1S/C27H19F3N2O2/c1-32-17-24(18-8-7-11-21(14-18)34-27(28,29)30)23-15-19(16-31-26(23)32)22-12-5-6-13-25(22)33-20-9-3-2-4-10-20/h2-17H,1H3. The Labute approximate surface area is 193 Å². The van der Waals surface area contributed by atoms with Crippen LogP contribution in [0.3, 0.4) is 0 Å². The van der Waals surface area contributed by atoms with Gasteiger partial charge in [0.15, 0.2) is 0 Å². The summed E-state index contributed by atoms with van der Waals surface area (Å²) in [6.45, 7) is 0. The van der Waals surface area contributed by atoms with E-state index in [2.05, 4.69) is 9.72 Å². The highest BCUT2D eigenvalue weighted by molar-refractivity contribution is 5.96. The van der Waals surface area contributed by atoms with Crippen molar-refractivity contribution < 1.29 is 22.6 Å². The van der Waals surface area contributed by atoms with Gasteiger partial charge in [0.2, 0.25) is 0 Å². The first kappa shape index (κ1) is 21.6. The molecule has 7 heteroatoms. The maximum absolute atomic E-state index is 12.7. The fourth-order valence-electron chi connectivity index (χ4n) is 3.91. The van der Waals surface area contributed by atoms with Crippen LogP contribution in [-0.4, -0.2) is 15.9 Å². The van der Waals surface area contributed by atoms with Gasteiger partial charge in [-0.2, -0.15) is 0 Å². The zero-order valence-electron chi connectivity index (χ0n) is 18.1. The Balaban J connectivity index is 1.59. The summed E-state index contributed by atoms with van der Waals surface area (Å²) in [5, 5.41) is 0.804. The summed E-state index contributed by atoms with van der Waals surface area (Å²) >= 11 is 0. The smallest absolute Gasteiger partial charge is 0.457 e. The summed E-state index contributed by atoms with van der Waals surface area (Å²) in [4.78, 5) is 4.63. The number of aryl methyl sites for hydroxylation is 1. The van der Waals surface area contributed by atoms with Crippen molar-refractivity contribution in [1.29, 1.82) is 0 Å². The second kappa shape index (κ2) is 8.59. The molecule has 4 nitrogen and oxygen atoms in total. The van der Waals surface area contributed by atoms with Crippen LogP contribution in [0.15, 0.2) is 97.3 Å². The van der Waals surface area contributed by atoms with Crippen LogP contribution < -0.4 is 9.47 Å². The van der Waals surface area contributed by atoms with Gasteiger partial charge < -0.3 is 14.0 Å². The van der Waals surface area contributed by atoms with Crippen LogP contribution in [0, 0.1) is 0 Å². The first-order chi connectivity index (χ1) is 16.4. The van der Waals surface area contributed by atoms with Crippen molar-refractivity contribution in [3.05, 3.63) is 97.3 Å². The number of hydrogen-bond donors (Lipinski definition) is 0. The fraction of sp³-hybridized carbons (Fsp3) is 0.0741. The molecular weight excluding hydrogens is 441 g/mol. The lowest BCUT2D eigenvalue weighted by Crippen LogP contribution is -2.17. The molecule has 2 aromatic heterocycles. The lowest BCUT2D eigenvalue weighted by Gasteiger charge is -2.12. The Morgan fingerprint density at radius 1 is 0.765 bits per heavy atom. The van der Waals surface area contributed by atoms with Crippen molar-refractivity contribution in [2.75, 3.05) is 0 Å². The summed E-state index contributed by atoms with van der Waals surface area (Å²) in [6, 6.07) is 25.0. The third kappa shape index (κ3) is 4.45. The van der Waals surface area contributed by atoms with Gasteiger partial charge in [-0.15, -0.1) is 13.2 Å². The van der Waals surface area contributed by atoms with E-state index in [4.69, 9.17) is 4.74 Å². The molecule has 0 radical (unpaired) electrons. The average molecular weight is 460 g/mol. The Bertz CT molecular complexity index is 1460. The minimum atomic E-state index is -4.76. The van der Waals surface area contributed by atoms with Crippen molar-refractivity contribution >= 4 is 11.0 Å². The first-order valence-corrected chi connectivity index (χ1v) is 10.5. The molecule has 0 spiro atoms. The van der Waals surface area contributed by atoms with Crippen LogP contribution in [-0.2, 0) is 7.05 Å². The molecule has 0 amide bonds. The summed E-state index contributed by atoms with van der Waals surface area (Å²) in [5.74, 6) is 1.12. The van der Waals surface area contributed by atoms with E-state index < -0.39 is 6.36 Å². The molecular formula is C27H19F3N2O2. The SMILES string of the molecule is Cn1cc(-c2cccc(OC(F)(F)F)c2)c2cc(-c3ccccc3Oc3ccccc3)cnc21. The third-order valence-corrected chi connectivity index (χ3v) is 5.36. The summed E-state index contributed by atoms with van der Waals surface area (Å²) < 4.78 is 50.2. The van der Waals surface area contributed by atoms with E-state index in [1.807, 2.05) is 78.5 Å². The third-order valence-electron chi connectivity index (χ3n) is 5.36. The molecule has 170 valence electrons. The van der Waals surface area contributed by atoms with Crippen LogP contribution in [0.2, 0.25) is 0 Å². The zero-order valence-corrected chi connectivity index (χ0v) is 18.1. The Kier molecular flexibility index (Phi) is 5.45. The van der Waals surface area contributed by atoms with Gasteiger partial charge in [-0.05, 0) is 42.0 Å². The summed E-state index contributed by atoms with van der Waals surface area (Å²) in [6.07, 6.45) is -1.14. The molecule has 0 atom stereocenters. The number of nitrogens with zero attached hydrogens (tertiary/aromatic N) is 2. The van der Waals surface area contributed by atoms with Crippen LogP contribution in [0.25, 0.3) is 33.3 Å². The topological polar surface area (TPSA) is 36.3 Å². The lowest BCUT2D eigenvalue weighted by molar-refractivity contribution is -0.274. The number of aromatic nitrogens is 2. The average Bonchev–Trinajstić information content (AvgIpc) is 3.15. The van der Waals surface area contributed by atoms with E-state index >= 15 is 0 Å². The van der Waals surface area contributed by atoms with Crippen molar-refractivity contribution in [2.24, 2.45) is 7.05 Å². The number of benzene rings is 3. The zero-order chi connectivity index (χ0) is 23.7. The molecule has 0 aliphatic carbocycles. The second-order valence-corrected chi connectivity index (χ2v) is 7.74. The molecule has 2 heterocycles. The molecule has 0 saturated carbocycles. The minimum Gasteiger partial charge on any atom is -0.457 e. The molecule has 0 bridgehead atoms. The number of rotatable bonds is 5. The summed E-state index contributed by atoms with van der Waals surface area (Å²) in [7, 11) is 1.85. The van der Waals surface area contributed by atoms with Gasteiger partial charge in [-0.25, -0.2) is 4.98 Å². The van der Waals surface area contributed by atoms with Crippen molar-refractivity contribution in [2.45, 2.75) is 6.36 Å². The molecule has 5 rings (SSSR count). The van der Waals surface area contributed by atoms with Gasteiger partial charge in [0, 0.05) is 41.5 Å². The molecule has 5 aromatic rings. The van der Waals surface area contributed by atoms with Crippen molar-refractivity contribution in [3.63, 3.8) is 0 Å². The first-order valence-electron chi connectivity index (χ1n) is 10.5. The van der Waals surface area contributed by atoms with Gasteiger partial charge in [0.1, 0.15) is 22.9 Å². The van der Waals surface area contributed by atoms with Crippen LogP contribution in [0.1, 0.15) is 0 Å². The van der Waals surface area contributed by atoms with Crippen LogP contribution in [0.5, 0.6) is 17.2 Å². The molecule has 0 unspecified atom stereocenters. The van der Waals surface area contributed by atoms with Crippen LogP contribution >= 0.6 is 0 Å².